The van der Waals surface area contributed by atoms with Crippen LogP contribution in [0.1, 0.15) is 6.42 Å². The molecule has 0 atom stereocenters. The number of hydrogen-bond donors (Lipinski definition) is 1. The van der Waals surface area contributed by atoms with Crippen LogP contribution in [0.3, 0.4) is 0 Å². The van der Waals surface area contributed by atoms with Crippen molar-refractivity contribution < 1.29 is 14.3 Å². The second-order valence-corrected chi connectivity index (χ2v) is 4.65. The summed E-state index contributed by atoms with van der Waals surface area (Å²) in [6.07, 6.45) is 0.301. The molecular formula is C18H19NO3. The lowest BCUT2D eigenvalue weighted by Gasteiger charge is -2.09. The van der Waals surface area contributed by atoms with E-state index in [4.69, 9.17) is 9.47 Å². The molecule has 4 heteroatoms. The van der Waals surface area contributed by atoms with Crippen LogP contribution in [0.15, 0.2) is 42.5 Å². The van der Waals surface area contributed by atoms with Crippen LogP contribution in [0.4, 0.5) is 5.69 Å². The quantitative estimate of drug-likeness (QED) is 0.658. The van der Waals surface area contributed by atoms with Gasteiger partial charge in [0.15, 0.2) is 6.61 Å². The fourth-order valence-electron chi connectivity index (χ4n) is 2.04. The summed E-state index contributed by atoms with van der Waals surface area (Å²) in [6.45, 7) is 0.981. The Bertz CT molecular complexity index is 680. The van der Waals surface area contributed by atoms with Crippen LogP contribution < -0.4 is 5.32 Å². The van der Waals surface area contributed by atoms with Gasteiger partial charge in [-0.05, 0) is 11.5 Å². The number of carbonyl (C=O) groups excluding carboxylic acids is 1. The molecule has 114 valence electrons. The van der Waals surface area contributed by atoms with Gasteiger partial charge in [0, 0.05) is 24.7 Å². The molecule has 0 spiro atoms. The lowest BCUT2D eigenvalue weighted by atomic mass is 10.1. The highest BCUT2D eigenvalue weighted by molar-refractivity contribution is 5.93. The highest BCUT2D eigenvalue weighted by atomic mass is 16.5. The number of methoxy groups -OCH3 is 1. The molecular weight excluding hydrogens is 278 g/mol. The Labute approximate surface area is 130 Å². The van der Waals surface area contributed by atoms with Gasteiger partial charge < -0.3 is 14.8 Å². The summed E-state index contributed by atoms with van der Waals surface area (Å²) in [7, 11) is 1.57. The minimum absolute atomic E-state index is 0.108. The zero-order chi connectivity index (χ0) is 15.6. The number of hydrogen-bond acceptors (Lipinski definition) is 4. The maximum atomic E-state index is 11.6. The predicted octanol–water partition coefficient (Wildman–Crippen LogP) is 2.83. The number of esters is 1. The fraction of sp³-hybridized carbons (Fsp3) is 0.278. The highest BCUT2D eigenvalue weighted by Gasteiger charge is 2.03. The average molecular weight is 297 g/mol. The van der Waals surface area contributed by atoms with Crippen LogP contribution >= 0.6 is 0 Å². The van der Waals surface area contributed by atoms with Gasteiger partial charge in [-0.2, -0.15) is 0 Å². The Morgan fingerprint density at radius 3 is 2.73 bits per heavy atom. The van der Waals surface area contributed by atoms with E-state index < -0.39 is 0 Å². The molecule has 1 N–H and O–H groups in total. The first-order valence-corrected chi connectivity index (χ1v) is 7.13. The van der Waals surface area contributed by atoms with Gasteiger partial charge in [0.05, 0.1) is 6.42 Å². The first kappa shape index (κ1) is 15.9. The molecule has 0 heterocycles. The Morgan fingerprint density at radius 2 is 1.86 bits per heavy atom. The second kappa shape index (κ2) is 8.71. The van der Waals surface area contributed by atoms with Crippen LogP contribution in [0, 0.1) is 11.8 Å². The molecule has 2 rings (SSSR count). The Balaban J connectivity index is 1.78. The van der Waals surface area contributed by atoms with Gasteiger partial charge in [0.2, 0.25) is 0 Å². The van der Waals surface area contributed by atoms with E-state index in [1.54, 1.807) is 7.11 Å². The summed E-state index contributed by atoms with van der Waals surface area (Å²) in [5.41, 5.74) is 1.02. The molecule has 0 saturated heterocycles. The van der Waals surface area contributed by atoms with E-state index in [2.05, 4.69) is 35.4 Å². The molecule has 2 aromatic rings. The number of carbonyl (C=O) groups is 1. The number of rotatable bonds is 6. The lowest BCUT2D eigenvalue weighted by Crippen LogP contribution is -2.11. The Kier molecular flexibility index (Phi) is 6.28. The van der Waals surface area contributed by atoms with Crippen LogP contribution in [-0.2, 0) is 14.3 Å². The summed E-state index contributed by atoms with van der Waals surface area (Å²) in [5, 5.41) is 5.58. The molecule has 22 heavy (non-hydrogen) atoms. The van der Waals surface area contributed by atoms with Crippen molar-refractivity contribution in [3.8, 4) is 11.8 Å². The number of anilines is 1. The summed E-state index contributed by atoms with van der Waals surface area (Å²) in [4.78, 5) is 11.6. The third-order valence-electron chi connectivity index (χ3n) is 3.08. The minimum Gasteiger partial charge on any atom is -0.452 e. The molecule has 0 aliphatic rings. The van der Waals surface area contributed by atoms with E-state index in [0.29, 0.717) is 19.6 Å². The molecule has 0 saturated carbocycles. The SMILES string of the molecule is COCC#CCOC(=O)CCNc1cccc2ccccc12. The smallest absolute Gasteiger partial charge is 0.308 e. The zero-order valence-electron chi connectivity index (χ0n) is 12.6. The predicted molar refractivity (Wildman–Crippen MR) is 87.7 cm³/mol. The number of nitrogens with one attached hydrogen (secondary N) is 1. The monoisotopic (exact) mass is 297 g/mol. The number of fused-ring (bicyclic) bond motifs is 1. The molecule has 0 aliphatic heterocycles. The summed E-state index contributed by atoms with van der Waals surface area (Å²) in [5.74, 6) is 5.17. The van der Waals surface area contributed by atoms with Crippen molar-refractivity contribution in [2.75, 3.05) is 32.2 Å². The van der Waals surface area contributed by atoms with Crippen molar-refractivity contribution in [2.24, 2.45) is 0 Å². The maximum absolute atomic E-state index is 11.6. The molecule has 0 radical (unpaired) electrons. The summed E-state index contributed by atoms with van der Waals surface area (Å²) < 4.78 is 9.78. The van der Waals surface area contributed by atoms with Gasteiger partial charge >= 0.3 is 5.97 Å². The lowest BCUT2D eigenvalue weighted by molar-refractivity contribution is -0.141. The number of ether oxygens (including phenoxy) is 2. The average Bonchev–Trinajstić information content (AvgIpc) is 2.55. The molecule has 4 nitrogen and oxygen atoms in total. The molecule has 0 aromatic heterocycles. The van der Waals surface area contributed by atoms with E-state index in [1.165, 1.54) is 5.39 Å². The van der Waals surface area contributed by atoms with Crippen molar-refractivity contribution in [2.45, 2.75) is 6.42 Å². The Morgan fingerprint density at radius 1 is 1.09 bits per heavy atom. The first-order valence-electron chi connectivity index (χ1n) is 7.13. The van der Waals surface area contributed by atoms with Crippen molar-refractivity contribution in [3.63, 3.8) is 0 Å². The van der Waals surface area contributed by atoms with Crippen molar-refractivity contribution in [1.29, 1.82) is 0 Å². The molecule has 0 amide bonds. The third-order valence-corrected chi connectivity index (χ3v) is 3.08. The van der Waals surface area contributed by atoms with Crippen molar-refractivity contribution in [3.05, 3.63) is 42.5 Å². The molecule has 0 bridgehead atoms. The Hall–Kier alpha value is -2.51. The van der Waals surface area contributed by atoms with Gasteiger partial charge in [-0.15, -0.1) is 0 Å². The standard InChI is InChI=1S/C18H19NO3/c1-21-13-4-5-14-22-18(20)11-12-19-17-10-6-8-15-7-2-3-9-16(15)17/h2-3,6-10,19H,11-14H2,1H3. The van der Waals surface area contributed by atoms with Crippen LogP contribution in [0.2, 0.25) is 0 Å². The van der Waals surface area contributed by atoms with Gasteiger partial charge in [0.25, 0.3) is 0 Å². The van der Waals surface area contributed by atoms with Crippen molar-refractivity contribution in [1.82, 2.24) is 0 Å². The molecule has 0 aliphatic carbocycles. The van der Waals surface area contributed by atoms with E-state index in [1.807, 2.05) is 24.3 Å². The summed E-state index contributed by atoms with van der Waals surface area (Å²) >= 11 is 0. The van der Waals surface area contributed by atoms with Gasteiger partial charge in [-0.25, -0.2) is 0 Å². The van der Waals surface area contributed by atoms with E-state index in [9.17, 15) is 4.79 Å². The van der Waals surface area contributed by atoms with E-state index >= 15 is 0 Å². The van der Waals surface area contributed by atoms with Crippen LogP contribution in [-0.4, -0.2) is 32.8 Å². The topological polar surface area (TPSA) is 47.6 Å². The molecule has 0 unspecified atom stereocenters. The maximum Gasteiger partial charge on any atom is 0.308 e. The third kappa shape index (κ3) is 4.80. The molecule has 2 aromatic carbocycles. The largest absolute Gasteiger partial charge is 0.452 e. The fourth-order valence-corrected chi connectivity index (χ4v) is 2.04. The molecule has 0 fully saturated rings. The van der Waals surface area contributed by atoms with Gasteiger partial charge in [0.1, 0.15) is 6.61 Å². The summed E-state index contributed by atoms with van der Waals surface area (Å²) in [6, 6.07) is 14.2. The minimum atomic E-state index is -0.264. The van der Waals surface area contributed by atoms with Crippen LogP contribution in [0.25, 0.3) is 10.8 Å². The normalized spacial score (nSPS) is 9.86. The van der Waals surface area contributed by atoms with E-state index in [-0.39, 0.29) is 12.6 Å². The number of benzene rings is 2. The zero-order valence-corrected chi connectivity index (χ0v) is 12.6. The van der Waals surface area contributed by atoms with Crippen LogP contribution in [0.5, 0.6) is 0 Å². The van der Waals surface area contributed by atoms with Gasteiger partial charge in [-0.1, -0.05) is 48.2 Å². The first-order chi connectivity index (χ1) is 10.8. The van der Waals surface area contributed by atoms with Crippen molar-refractivity contribution >= 4 is 22.4 Å². The highest BCUT2D eigenvalue weighted by Crippen LogP contribution is 2.22. The van der Waals surface area contributed by atoms with E-state index in [0.717, 1.165) is 11.1 Å². The second-order valence-electron chi connectivity index (χ2n) is 4.65. The van der Waals surface area contributed by atoms with Gasteiger partial charge in [-0.3, -0.25) is 4.79 Å².